The van der Waals surface area contributed by atoms with Gasteiger partial charge in [0.2, 0.25) is 11.8 Å². The number of hydrogen-bond acceptors (Lipinski definition) is 6. The van der Waals surface area contributed by atoms with Crippen molar-refractivity contribution in [3.63, 3.8) is 0 Å². The quantitative estimate of drug-likeness (QED) is 0.190. The molecule has 0 unspecified atom stereocenters. The third kappa shape index (κ3) is 6.45. The zero-order valence-electron chi connectivity index (χ0n) is 32.9. The first-order valence-corrected chi connectivity index (χ1v) is 23.3. The molecule has 4 aliphatic rings. The Morgan fingerprint density at radius 1 is 0.893 bits per heavy atom. The lowest BCUT2D eigenvalue weighted by molar-refractivity contribution is -0.150. The number of anilines is 3. The smallest absolute Gasteiger partial charge is 0.268 e. The number of ether oxygens (including phenoxy) is 2. The summed E-state index contributed by atoms with van der Waals surface area (Å²) >= 11 is 0. The number of aliphatic hydroxyl groups is 1. The zero-order chi connectivity index (χ0) is 39.2. The molecule has 5 atom stereocenters. The van der Waals surface area contributed by atoms with Crippen molar-refractivity contribution in [1.29, 1.82) is 0 Å². The average molecular weight is 772 g/mol. The highest BCUT2D eigenvalue weighted by molar-refractivity contribution is 6.91. The Balaban J connectivity index is 1.25. The molecule has 9 nitrogen and oxygen atoms in total. The molecule has 1 spiro atoms. The highest BCUT2D eigenvalue weighted by Crippen LogP contribution is 2.61. The fraction of sp³-hybridized carbons (Fsp3) is 0.413. The lowest BCUT2D eigenvalue weighted by Crippen LogP contribution is -2.52. The van der Waals surface area contributed by atoms with Gasteiger partial charge in [-0.15, -0.1) is 0 Å². The Hall–Kier alpha value is -4.77. The van der Waals surface area contributed by atoms with Gasteiger partial charge in [0.05, 0.1) is 46.0 Å². The van der Waals surface area contributed by atoms with Crippen molar-refractivity contribution in [3.8, 4) is 5.75 Å². The van der Waals surface area contributed by atoms with E-state index in [9.17, 15) is 14.7 Å². The van der Waals surface area contributed by atoms with Gasteiger partial charge in [-0.05, 0) is 78.4 Å². The van der Waals surface area contributed by atoms with Crippen LogP contribution < -0.4 is 19.7 Å². The minimum Gasteiger partial charge on any atom is -0.497 e. The highest BCUT2D eigenvalue weighted by Gasteiger charge is 2.67. The second kappa shape index (κ2) is 15.3. The molecule has 0 saturated carbocycles. The van der Waals surface area contributed by atoms with E-state index in [1.54, 1.807) is 12.0 Å². The van der Waals surface area contributed by atoms with Crippen molar-refractivity contribution >= 4 is 48.0 Å². The molecule has 0 bridgehead atoms. The van der Waals surface area contributed by atoms with Gasteiger partial charge in [-0.3, -0.25) is 19.3 Å². The van der Waals surface area contributed by atoms with Crippen LogP contribution in [0.5, 0.6) is 5.75 Å². The van der Waals surface area contributed by atoms with E-state index in [-0.39, 0.29) is 48.3 Å². The van der Waals surface area contributed by atoms with Crippen molar-refractivity contribution in [1.82, 2.24) is 4.90 Å². The number of para-hydroxylation sites is 1. The molecule has 0 aromatic heterocycles. The maximum Gasteiger partial charge on any atom is 0.268 e. The van der Waals surface area contributed by atoms with Gasteiger partial charge in [-0.1, -0.05) is 92.6 Å². The third-order valence-corrected chi connectivity index (χ3v) is 17.5. The number of amides is 3. The summed E-state index contributed by atoms with van der Waals surface area (Å²) in [6.07, 6.45) is 4.45. The van der Waals surface area contributed by atoms with E-state index in [0.29, 0.717) is 25.9 Å². The van der Waals surface area contributed by atoms with Crippen molar-refractivity contribution in [2.75, 3.05) is 30.1 Å². The summed E-state index contributed by atoms with van der Waals surface area (Å²) in [6.45, 7) is 7.65. The molecule has 4 aliphatic heterocycles. The summed E-state index contributed by atoms with van der Waals surface area (Å²) < 4.78 is 12.9. The predicted molar refractivity (Wildman–Crippen MR) is 221 cm³/mol. The summed E-state index contributed by atoms with van der Waals surface area (Å²) in [5.74, 6) is 0.254. The number of methoxy groups -OCH3 is 1. The predicted octanol–water partition coefficient (Wildman–Crippen LogP) is 7.22. The van der Waals surface area contributed by atoms with Gasteiger partial charge >= 0.3 is 0 Å². The fourth-order valence-corrected chi connectivity index (χ4v) is 14.2. The SMILES string of the molecule is COc1ccc([Si](C)(C)[C@H]2[C@H](CC(=O)N3Cc4ccccc4C[C@H]3CO)O[C@@]3(C(=O)N(c4ccccc4)c4ccc(N5CCCCCCC5=O)cc43)[C@@H]2C)cc1. The highest BCUT2D eigenvalue weighted by atomic mass is 28.3. The van der Waals surface area contributed by atoms with Crippen LogP contribution in [0.3, 0.4) is 0 Å². The Morgan fingerprint density at radius 2 is 1.61 bits per heavy atom. The Morgan fingerprint density at radius 3 is 2.34 bits per heavy atom. The van der Waals surface area contributed by atoms with E-state index < -0.39 is 19.8 Å². The largest absolute Gasteiger partial charge is 0.497 e. The van der Waals surface area contributed by atoms with Gasteiger partial charge in [-0.2, -0.15) is 0 Å². The molecule has 10 heteroatoms. The van der Waals surface area contributed by atoms with E-state index in [4.69, 9.17) is 9.47 Å². The monoisotopic (exact) mass is 771 g/mol. The van der Waals surface area contributed by atoms with Crippen LogP contribution in [0.2, 0.25) is 18.6 Å². The van der Waals surface area contributed by atoms with Crippen LogP contribution in [0, 0.1) is 5.92 Å². The molecule has 8 rings (SSSR count). The number of nitrogens with zero attached hydrogens (tertiary/aromatic N) is 3. The zero-order valence-corrected chi connectivity index (χ0v) is 33.9. The summed E-state index contributed by atoms with van der Waals surface area (Å²) in [5, 5.41) is 11.7. The molecule has 1 N–H and O–H groups in total. The van der Waals surface area contributed by atoms with Crippen LogP contribution in [0.15, 0.2) is 97.1 Å². The number of benzene rings is 4. The minimum atomic E-state index is -2.56. The lowest BCUT2D eigenvalue weighted by atomic mass is 9.82. The Labute approximate surface area is 331 Å². The molecule has 4 aromatic rings. The van der Waals surface area contributed by atoms with Crippen LogP contribution in [-0.4, -0.2) is 68.2 Å². The summed E-state index contributed by atoms with van der Waals surface area (Å²) in [4.78, 5) is 49.3. The molecule has 2 saturated heterocycles. The van der Waals surface area contributed by atoms with Crippen LogP contribution in [-0.2, 0) is 37.7 Å². The second-order valence-electron chi connectivity index (χ2n) is 16.6. The number of aliphatic hydroxyl groups excluding tert-OH is 1. The molecule has 3 amide bonds. The Kier molecular flexibility index (Phi) is 10.4. The molecule has 292 valence electrons. The normalized spacial score (nSPS) is 25.2. The number of carbonyl (C=O) groups excluding carboxylic acids is 3. The summed E-state index contributed by atoms with van der Waals surface area (Å²) in [7, 11) is -0.900. The van der Waals surface area contributed by atoms with E-state index in [2.05, 4.69) is 44.3 Å². The third-order valence-electron chi connectivity index (χ3n) is 13.1. The lowest BCUT2D eigenvalue weighted by Gasteiger charge is -2.39. The van der Waals surface area contributed by atoms with Crippen molar-refractivity contribution in [2.45, 2.75) is 94.8 Å². The molecule has 4 heterocycles. The second-order valence-corrected chi connectivity index (χ2v) is 21.3. The first-order valence-electron chi connectivity index (χ1n) is 20.2. The molecular weight excluding hydrogens is 719 g/mol. The van der Waals surface area contributed by atoms with Crippen LogP contribution in [0.4, 0.5) is 17.1 Å². The van der Waals surface area contributed by atoms with Crippen LogP contribution >= 0.6 is 0 Å². The minimum absolute atomic E-state index is 0.0697. The molecule has 0 aliphatic carbocycles. The molecule has 56 heavy (non-hydrogen) atoms. The number of hydrogen-bond donors (Lipinski definition) is 1. The van der Waals surface area contributed by atoms with Crippen molar-refractivity contribution in [3.05, 3.63) is 114 Å². The molecule has 2 fully saturated rings. The van der Waals surface area contributed by atoms with Gasteiger partial charge in [0.15, 0.2) is 5.60 Å². The number of rotatable bonds is 8. The summed E-state index contributed by atoms with van der Waals surface area (Å²) in [6, 6.07) is 31.6. The van der Waals surface area contributed by atoms with Gasteiger partial charge in [0.1, 0.15) is 5.75 Å². The van der Waals surface area contributed by atoms with Gasteiger partial charge in [-0.25, -0.2) is 0 Å². The maximum atomic E-state index is 15.5. The number of fused-ring (bicyclic) bond motifs is 3. The van der Waals surface area contributed by atoms with E-state index >= 15 is 4.79 Å². The first kappa shape index (κ1) is 38.1. The van der Waals surface area contributed by atoms with E-state index in [1.165, 1.54) is 5.19 Å². The van der Waals surface area contributed by atoms with E-state index in [0.717, 1.165) is 65.2 Å². The standard InChI is InChI=1S/C46H53N3O6Si/c1-31-44(56(3,4)38-22-20-37(54-2)21-23-38)41(28-43(52)48-29-33-15-12-11-14-32(33)26-36(48)30-50)55-46(31)39-27-35(47-25-13-6-5-10-18-42(47)51)19-24-40(39)49(45(46)53)34-16-8-7-9-17-34/h7-9,11-12,14-17,19-24,27,31,36,41,44,50H,5-6,10,13,18,25-26,28-30H2,1-4H3/t31-,36+,41+,44-,46+/m1/s1. The topological polar surface area (TPSA) is 99.6 Å². The fourth-order valence-electron chi connectivity index (χ4n) is 10.2. The maximum absolute atomic E-state index is 15.5. The Bertz CT molecular complexity index is 2110. The molecule has 4 aromatic carbocycles. The van der Waals surface area contributed by atoms with Gasteiger partial charge in [0, 0.05) is 42.4 Å². The van der Waals surface area contributed by atoms with Crippen LogP contribution in [0.25, 0.3) is 0 Å². The van der Waals surface area contributed by atoms with Crippen LogP contribution in [0.1, 0.15) is 62.1 Å². The van der Waals surface area contributed by atoms with Crippen molar-refractivity contribution < 1.29 is 29.0 Å². The van der Waals surface area contributed by atoms with Gasteiger partial charge in [0.25, 0.3) is 5.91 Å². The van der Waals surface area contributed by atoms with E-state index in [1.807, 2.05) is 82.6 Å². The molecule has 0 radical (unpaired) electrons. The molecular formula is C46H53N3O6Si. The number of carbonyl (C=O) groups is 3. The summed E-state index contributed by atoms with van der Waals surface area (Å²) in [5.41, 5.74) is 3.64. The average Bonchev–Trinajstić information content (AvgIpc) is 3.64. The first-order chi connectivity index (χ1) is 27.1. The van der Waals surface area contributed by atoms with Crippen molar-refractivity contribution in [2.24, 2.45) is 5.92 Å². The van der Waals surface area contributed by atoms with Gasteiger partial charge < -0.3 is 24.4 Å².